The van der Waals surface area contributed by atoms with E-state index in [2.05, 4.69) is 0 Å². The molecule has 0 radical (unpaired) electrons. The number of nitrogens with zero attached hydrogens (tertiary/aromatic N) is 1. The average molecular weight is 239 g/mol. The van der Waals surface area contributed by atoms with Crippen LogP contribution in [0.25, 0.3) is 11.3 Å². The SMILES string of the molecule is Cc1ccc(-c2ccccc2)n1CC(F)(F)F. The molecule has 4 heteroatoms. The van der Waals surface area contributed by atoms with Crippen molar-refractivity contribution >= 4 is 0 Å². The van der Waals surface area contributed by atoms with Gasteiger partial charge in [0.05, 0.1) is 0 Å². The molecule has 0 saturated carbocycles. The molecule has 0 N–H and O–H groups in total. The minimum Gasteiger partial charge on any atom is -0.336 e. The summed E-state index contributed by atoms with van der Waals surface area (Å²) in [4.78, 5) is 0. The Labute approximate surface area is 97.5 Å². The molecule has 0 fully saturated rings. The molecular formula is C13H12F3N. The number of benzene rings is 1. The van der Waals surface area contributed by atoms with Gasteiger partial charge in [0.1, 0.15) is 6.54 Å². The summed E-state index contributed by atoms with van der Waals surface area (Å²) in [5.74, 6) is 0. The van der Waals surface area contributed by atoms with Gasteiger partial charge in [-0.3, -0.25) is 0 Å². The molecule has 0 unspecified atom stereocenters. The third-order valence-corrected chi connectivity index (χ3v) is 2.61. The van der Waals surface area contributed by atoms with E-state index < -0.39 is 12.7 Å². The highest BCUT2D eigenvalue weighted by molar-refractivity contribution is 5.60. The van der Waals surface area contributed by atoms with Gasteiger partial charge in [0.15, 0.2) is 0 Å². The zero-order valence-corrected chi connectivity index (χ0v) is 9.33. The van der Waals surface area contributed by atoms with E-state index in [4.69, 9.17) is 0 Å². The third-order valence-electron chi connectivity index (χ3n) is 2.61. The quantitative estimate of drug-likeness (QED) is 0.745. The summed E-state index contributed by atoms with van der Waals surface area (Å²) < 4.78 is 38.7. The lowest BCUT2D eigenvalue weighted by molar-refractivity contribution is -0.140. The van der Waals surface area contributed by atoms with Crippen LogP contribution in [-0.2, 0) is 6.54 Å². The van der Waals surface area contributed by atoms with Crippen molar-refractivity contribution in [2.24, 2.45) is 0 Å². The largest absolute Gasteiger partial charge is 0.406 e. The highest BCUT2D eigenvalue weighted by atomic mass is 19.4. The number of halogens is 3. The Hall–Kier alpha value is -1.71. The molecule has 0 saturated heterocycles. The Morgan fingerprint density at radius 2 is 1.65 bits per heavy atom. The number of alkyl halides is 3. The molecule has 0 aliphatic heterocycles. The molecule has 1 nitrogen and oxygen atoms in total. The number of hydrogen-bond donors (Lipinski definition) is 0. The van der Waals surface area contributed by atoms with Crippen LogP contribution < -0.4 is 0 Å². The van der Waals surface area contributed by atoms with E-state index in [0.29, 0.717) is 11.4 Å². The fraction of sp³-hybridized carbons (Fsp3) is 0.231. The third kappa shape index (κ3) is 2.70. The zero-order valence-electron chi connectivity index (χ0n) is 9.33. The van der Waals surface area contributed by atoms with E-state index in [0.717, 1.165) is 5.56 Å². The monoisotopic (exact) mass is 239 g/mol. The maximum absolute atomic E-state index is 12.5. The molecule has 0 aliphatic carbocycles. The van der Waals surface area contributed by atoms with Gasteiger partial charge in [-0.1, -0.05) is 30.3 Å². The number of aromatic nitrogens is 1. The molecule has 0 aliphatic rings. The van der Waals surface area contributed by atoms with Crippen molar-refractivity contribution in [2.45, 2.75) is 19.6 Å². The van der Waals surface area contributed by atoms with Crippen LogP contribution in [0.2, 0.25) is 0 Å². The first kappa shape index (κ1) is 11.8. The fourth-order valence-electron chi connectivity index (χ4n) is 1.82. The summed E-state index contributed by atoms with van der Waals surface area (Å²) in [6.07, 6.45) is -4.20. The molecule has 0 bridgehead atoms. The van der Waals surface area contributed by atoms with Crippen LogP contribution in [0, 0.1) is 6.92 Å². The molecule has 0 spiro atoms. The molecule has 90 valence electrons. The smallest absolute Gasteiger partial charge is 0.336 e. The first-order valence-corrected chi connectivity index (χ1v) is 5.26. The highest BCUT2D eigenvalue weighted by Gasteiger charge is 2.29. The summed E-state index contributed by atoms with van der Waals surface area (Å²) >= 11 is 0. The van der Waals surface area contributed by atoms with Crippen LogP contribution in [-0.4, -0.2) is 10.7 Å². The van der Waals surface area contributed by atoms with Crippen molar-refractivity contribution in [3.63, 3.8) is 0 Å². The van der Waals surface area contributed by atoms with Crippen LogP contribution in [0.3, 0.4) is 0 Å². The summed E-state index contributed by atoms with van der Waals surface area (Å²) in [5, 5.41) is 0. The summed E-state index contributed by atoms with van der Waals surface area (Å²) in [6.45, 7) is 0.730. The lowest BCUT2D eigenvalue weighted by Gasteiger charge is -2.14. The molecule has 2 aromatic rings. The average Bonchev–Trinajstić information content (AvgIpc) is 2.60. The maximum atomic E-state index is 12.5. The highest BCUT2D eigenvalue weighted by Crippen LogP contribution is 2.26. The van der Waals surface area contributed by atoms with Crippen LogP contribution >= 0.6 is 0 Å². The van der Waals surface area contributed by atoms with Gasteiger partial charge in [-0.2, -0.15) is 13.2 Å². The second-order valence-electron chi connectivity index (χ2n) is 3.93. The molecule has 0 atom stereocenters. The van der Waals surface area contributed by atoms with Crippen molar-refractivity contribution in [2.75, 3.05) is 0 Å². The van der Waals surface area contributed by atoms with E-state index in [-0.39, 0.29) is 0 Å². The molecule has 17 heavy (non-hydrogen) atoms. The van der Waals surface area contributed by atoms with E-state index in [9.17, 15) is 13.2 Å². The van der Waals surface area contributed by atoms with Crippen LogP contribution in [0.15, 0.2) is 42.5 Å². The summed E-state index contributed by atoms with van der Waals surface area (Å²) in [6, 6.07) is 12.5. The number of aryl methyl sites for hydroxylation is 1. The minimum atomic E-state index is -4.20. The number of hydrogen-bond acceptors (Lipinski definition) is 0. The predicted octanol–water partition coefficient (Wildman–Crippen LogP) is 4.03. The first-order chi connectivity index (χ1) is 7.97. The normalized spacial score (nSPS) is 11.8. The Morgan fingerprint density at radius 1 is 1.00 bits per heavy atom. The second-order valence-corrected chi connectivity index (χ2v) is 3.93. The Balaban J connectivity index is 2.43. The Kier molecular flexibility index (Phi) is 2.96. The summed E-state index contributed by atoms with van der Waals surface area (Å²) in [5.41, 5.74) is 2.01. The zero-order chi connectivity index (χ0) is 12.5. The van der Waals surface area contributed by atoms with Gasteiger partial charge in [0.2, 0.25) is 0 Å². The standard InChI is InChI=1S/C13H12F3N/c1-10-7-8-12(11-5-3-2-4-6-11)17(10)9-13(14,15)16/h2-8H,9H2,1H3. The predicted molar refractivity (Wildman–Crippen MR) is 60.7 cm³/mol. The second kappa shape index (κ2) is 4.28. The number of rotatable bonds is 2. The van der Waals surface area contributed by atoms with Gasteiger partial charge < -0.3 is 4.57 Å². The van der Waals surface area contributed by atoms with Gasteiger partial charge in [0.25, 0.3) is 0 Å². The molecule has 1 aromatic heterocycles. The molecule has 2 rings (SSSR count). The van der Waals surface area contributed by atoms with Crippen LogP contribution in [0.5, 0.6) is 0 Å². The molecule has 1 aromatic carbocycles. The lowest BCUT2D eigenvalue weighted by Crippen LogP contribution is -2.19. The van der Waals surface area contributed by atoms with Gasteiger partial charge in [0, 0.05) is 11.4 Å². The fourth-order valence-corrected chi connectivity index (χ4v) is 1.82. The van der Waals surface area contributed by atoms with Crippen LogP contribution in [0.4, 0.5) is 13.2 Å². The van der Waals surface area contributed by atoms with E-state index in [1.165, 1.54) is 4.57 Å². The molecule has 1 heterocycles. The van der Waals surface area contributed by atoms with Crippen molar-refractivity contribution in [1.82, 2.24) is 4.57 Å². The molecule has 0 amide bonds. The Morgan fingerprint density at radius 3 is 2.24 bits per heavy atom. The van der Waals surface area contributed by atoms with Crippen molar-refractivity contribution < 1.29 is 13.2 Å². The van der Waals surface area contributed by atoms with Gasteiger partial charge in [-0.05, 0) is 24.6 Å². The van der Waals surface area contributed by atoms with Gasteiger partial charge in [-0.15, -0.1) is 0 Å². The van der Waals surface area contributed by atoms with Crippen molar-refractivity contribution in [3.05, 3.63) is 48.2 Å². The first-order valence-electron chi connectivity index (χ1n) is 5.26. The van der Waals surface area contributed by atoms with E-state index in [1.807, 2.05) is 30.3 Å². The van der Waals surface area contributed by atoms with Crippen molar-refractivity contribution in [1.29, 1.82) is 0 Å². The van der Waals surface area contributed by atoms with Gasteiger partial charge >= 0.3 is 6.18 Å². The van der Waals surface area contributed by atoms with Crippen molar-refractivity contribution in [3.8, 4) is 11.3 Å². The van der Waals surface area contributed by atoms with E-state index >= 15 is 0 Å². The topological polar surface area (TPSA) is 4.93 Å². The summed E-state index contributed by atoms with van der Waals surface area (Å²) in [7, 11) is 0. The van der Waals surface area contributed by atoms with Gasteiger partial charge in [-0.25, -0.2) is 0 Å². The Bertz CT molecular complexity index is 497. The van der Waals surface area contributed by atoms with Crippen LogP contribution in [0.1, 0.15) is 5.69 Å². The lowest BCUT2D eigenvalue weighted by atomic mass is 10.1. The maximum Gasteiger partial charge on any atom is 0.406 e. The molecular weight excluding hydrogens is 227 g/mol. The van der Waals surface area contributed by atoms with E-state index in [1.54, 1.807) is 19.1 Å². The minimum absolute atomic E-state index is 0.598.